The van der Waals surface area contributed by atoms with Gasteiger partial charge in [-0.1, -0.05) is 37.2 Å². The Morgan fingerprint density at radius 1 is 1.28 bits per heavy atom. The molecule has 0 unspecified atom stereocenters. The molecule has 32 heavy (non-hydrogen) atoms. The number of carbonyl (C=O) groups excluding carboxylic acids is 1. The fourth-order valence-corrected chi connectivity index (χ4v) is 4.06. The Morgan fingerprint density at radius 2 is 2.00 bits per heavy atom. The van der Waals surface area contributed by atoms with E-state index in [1.54, 1.807) is 25.1 Å². The smallest absolute Gasteiger partial charge is 0.306 e. The van der Waals surface area contributed by atoms with Crippen LogP contribution in [0.4, 0.5) is 15.8 Å². The van der Waals surface area contributed by atoms with Crippen molar-refractivity contribution in [1.29, 1.82) is 0 Å². The molecule has 1 N–H and O–H groups in total. The van der Waals surface area contributed by atoms with Crippen LogP contribution in [0.3, 0.4) is 0 Å². The average molecular weight is 479 g/mol. The average Bonchev–Trinajstić information content (AvgIpc) is 2.71. The second kappa shape index (κ2) is 9.66. The number of nitro groups is 1. The zero-order valence-corrected chi connectivity index (χ0v) is 19.0. The molecule has 2 aromatic carbocycles. The normalized spacial score (nSPS) is 12.2. The molecule has 0 saturated carbocycles. The van der Waals surface area contributed by atoms with Gasteiger partial charge < -0.3 is 5.32 Å². The molecule has 168 valence electrons. The number of nitro benzene ring substituents is 1. The van der Waals surface area contributed by atoms with Crippen LogP contribution in [0.25, 0.3) is 10.9 Å². The number of halogens is 2. The quantitative estimate of drug-likeness (QED) is 0.224. The van der Waals surface area contributed by atoms with E-state index in [4.69, 9.17) is 11.6 Å². The van der Waals surface area contributed by atoms with Crippen LogP contribution in [-0.2, 0) is 11.3 Å². The van der Waals surface area contributed by atoms with Crippen molar-refractivity contribution in [1.82, 2.24) is 9.55 Å². The Kier molecular flexibility index (Phi) is 7.15. The number of hydrogen-bond donors (Lipinski definition) is 1. The zero-order valence-electron chi connectivity index (χ0n) is 17.5. The zero-order chi connectivity index (χ0) is 23.6. The number of amides is 1. The molecule has 0 aliphatic rings. The van der Waals surface area contributed by atoms with E-state index in [9.17, 15) is 24.1 Å². The molecular weight excluding hydrogens is 459 g/mol. The summed E-state index contributed by atoms with van der Waals surface area (Å²) in [7, 11) is 0. The van der Waals surface area contributed by atoms with Gasteiger partial charge in [0.15, 0.2) is 5.16 Å². The van der Waals surface area contributed by atoms with E-state index in [-0.39, 0.29) is 17.2 Å². The van der Waals surface area contributed by atoms with E-state index in [1.807, 2.05) is 13.8 Å². The maximum absolute atomic E-state index is 13.5. The second-order valence-corrected chi connectivity index (χ2v) is 9.28. The van der Waals surface area contributed by atoms with Gasteiger partial charge in [-0.2, -0.15) is 4.39 Å². The summed E-state index contributed by atoms with van der Waals surface area (Å²) < 4.78 is 15.1. The summed E-state index contributed by atoms with van der Waals surface area (Å²) in [4.78, 5) is 40.3. The van der Waals surface area contributed by atoms with E-state index in [0.717, 1.165) is 23.9 Å². The van der Waals surface area contributed by atoms with Crippen LogP contribution in [0.5, 0.6) is 0 Å². The van der Waals surface area contributed by atoms with E-state index in [2.05, 4.69) is 10.3 Å². The van der Waals surface area contributed by atoms with Crippen molar-refractivity contribution < 1.29 is 14.1 Å². The van der Waals surface area contributed by atoms with Crippen molar-refractivity contribution in [3.63, 3.8) is 0 Å². The predicted octanol–water partition coefficient (Wildman–Crippen LogP) is 4.87. The molecular formula is C21H20ClFN4O4S. The SMILES string of the molecule is CC(C)Cn1c(S[C@H](C)C(=O)Nc2ccc(F)c([N+](=O)[O-])c2)nc2cc(Cl)ccc2c1=O. The van der Waals surface area contributed by atoms with Crippen molar-refractivity contribution in [3.05, 3.63) is 67.7 Å². The Labute approximate surface area is 191 Å². The van der Waals surface area contributed by atoms with Gasteiger partial charge in [0.25, 0.3) is 5.56 Å². The Balaban J connectivity index is 1.90. The molecule has 8 nitrogen and oxygen atoms in total. The molecule has 0 fully saturated rings. The third-order valence-electron chi connectivity index (χ3n) is 4.49. The summed E-state index contributed by atoms with van der Waals surface area (Å²) in [6.07, 6.45) is 0. The molecule has 0 radical (unpaired) electrons. The van der Waals surface area contributed by atoms with Gasteiger partial charge in [-0.25, -0.2) is 4.98 Å². The van der Waals surface area contributed by atoms with Gasteiger partial charge in [0.2, 0.25) is 11.7 Å². The summed E-state index contributed by atoms with van der Waals surface area (Å²) in [6.45, 7) is 5.95. The van der Waals surface area contributed by atoms with Crippen molar-refractivity contribution in [2.24, 2.45) is 5.92 Å². The largest absolute Gasteiger partial charge is 0.325 e. The van der Waals surface area contributed by atoms with Gasteiger partial charge in [0.1, 0.15) is 0 Å². The Hall–Kier alpha value is -2.98. The minimum atomic E-state index is -0.993. The lowest BCUT2D eigenvalue weighted by atomic mass is 10.2. The van der Waals surface area contributed by atoms with Crippen molar-refractivity contribution in [2.45, 2.75) is 37.7 Å². The molecule has 3 rings (SSSR count). The first-order chi connectivity index (χ1) is 15.1. The number of anilines is 1. The standard InChI is InChI=1S/C21H20ClFN4O4S/c1-11(2)10-26-20(29)15-6-4-13(22)8-17(15)25-21(26)32-12(3)19(28)24-14-5-7-16(23)18(9-14)27(30)31/h4-9,11-12H,10H2,1-3H3,(H,24,28)/t12-/m1/s1. The number of aromatic nitrogens is 2. The number of carbonyl (C=O) groups is 1. The highest BCUT2D eigenvalue weighted by atomic mass is 35.5. The highest BCUT2D eigenvalue weighted by Crippen LogP contribution is 2.27. The molecule has 0 aliphatic carbocycles. The van der Waals surface area contributed by atoms with Gasteiger partial charge in [0.05, 0.1) is 21.1 Å². The number of nitrogens with one attached hydrogen (secondary N) is 1. The maximum atomic E-state index is 13.5. The minimum Gasteiger partial charge on any atom is -0.325 e. The lowest BCUT2D eigenvalue weighted by Crippen LogP contribution is -2.28. The summed E-state index contributed by atoms with van der Waals surface area (Å²) in [6, 6.07) is 7.94. The fourth-order valence-electron chi connectivity index (χ4n) is 2.98. The second-order valence-electron chi connectivity index (χ2n) is 7.54. The molecule has 0 saturated heterocycles. The van der Waals surface area contributed by atoms with Gasteiger partial charge in [-0.05, 0) is 43.2 Å². The van der Waals surface area contributed by atoms with Gasteiger partial charge in [-0.3, -0.25) is 24.3 Å². The monoisotopic (exact) mass is 478 g/mol. The molecule has 1 amide bonds. The number of rotatable bonds is 7. The Bertz CT molecular complexity index is 1260. The van der Waals surface area contributed by atoms with Crippen LogP contribution in [0.1, 0.15) is 20.8 Å². The van der Waals surface area contributed by atoms with E-state index >= 15 is 0 Å². The van der Waals surface area contributed by atoms with Crippen molar-refractivity contribution in [2.75, 3.05) is 5.32 Å². The van der Waals surface area contributed by atoms with Gasteiger partial charge in [0, 0.05) is 23.3 Å². The molecule has 11 heteroatoms. The predicted molar refractivity (Wildman–Crippen MR) is 123 cm³/mol. The maximum Gasteiger partial charge on any atom is 0.306 e. The third-order valence-corrected chi connectivity index (χ3v) is 5.82. The summed E-state index contributed by atoms with van der Waals surface area (Å²) in [5, 5.41) is 14.0. The third kappa shape index (κ3) is 5.25. The first-order valence-electron chi connectivity index (χ1n) is 9.68. The molecule has 0 spiro atoms. The molecule has 0 bridgehead atoms. The highest BCUT2D eigenvalue weighted by molar-refractivity contribution is 8.00. The molecule has 1 atom stereocenters. The van der Waals surface area contributed by atoms with Gasteiger partial charge >= 0.3 is 5.69 Å². The van der Waals surface area contributed by atoms with Crippen LogP contribution in [-0.4, -0.2) is 25.6 Å². The Morgan fingerprint density at radius 3 is 2.66 bits per heavy atom. The van der Waals surface area contributed by atoms with Gasteiger partial charge in [-0.15, -0.1) is 0 Å². The van der Waals surface area contributed by atoms with Crippen LogP contribution in [0.15, 0.2) is 46.3 Å². The number of thioether (sulfide) groups is 1. The number of hydrogen-bond acceptors (Lipinski definition) is 6. The van der Waals surface area contributed by atoms with Crippen LogP contribution in [0.2, 0.25) is 5.02 Å². The van der Waals surface area contributed by atoms with E-state index in [1.165, 1.54) is 10.6 Å². The van der Waals surface area contributed by atoms with Crippen LogP contribution >= 0.6 is 23.4 Å². The van der Waals surface area contributed by atoms with Crippen molar-refractivity contribution >= 4 is 51.5 Å². The molecule has 3 aromatic rings. The number of benzene rings is 2. The van der Waals surface area contributed by atoms with Crippen LogP contribution in [0, 0.1) is 21.8 Å². The molecule has 1 aromatic heterocycles. The lowest BCUT2D eigenvalue weighted by Gasteiger charge is -2.17. The summed E-state index contributed by atoms with van der Waals surface area (Å²) >= 11 is 7.12. The minimum absolute atomic E-state index is 0.0911. The summed E-state index contributed by atoms with van der Waals surface area (Å²) in [5.74, 6) is -1.32. The first kappa shape index (κ1) is 23.7. The lowest BCUT2D eigenvalue weighted by molar-refractivity contribution is -0.387. The fraction of sp³-hybridized carbons (Fsp3) is 0.286. The molecule has 1 heterocycles. The first-order valence-corrected chi connectivity index (χ1v) is 10.9. The van der Waals surface area contributed by atoms with E-state index in [0.29, 0.717) is 27.6 Å². The highest BCUT2D eigenvalue weighted by Gasteiger charge is 2.22. The van der Waals surface area contributed by atoms with Crippen LogP contribution < -0.4 is 10.9 Å². The van der Waals surface area contributed by atoms with E-state index < -0.39 is 27.6 Å². The summed E-state index contributed by atoms with van der Waals surface area (Å²) in [5.41, 5.74) is -0.452. The number of fused-ring (bicyclic) bond motifs is 1. The van der Waals surface area contributed by atoms with Crippen molar-refractivity contribution in [3.8, 4) is 0 Å². The number of nitrogens with zero attached hydrogens (tertiary/aromatic N) is 3. The molecule has 0 aliphatic heterocycles. The topological polar surface area (TPSA) is 107 Å².